The van der Waals surface area contributed by atoms with Gasteiger partial charge in [0, 0.05) is 12.6 Å². The summed E-state index contributed by atoms with van der Waals surface area (Å²) in [6, 6.07) is 5.50. The highest BCUT2D eigenvalue weighted by Gasteiger charge is 2.24. The van der Waals surface area contributed by atoms with E-state index < -0.39 is 0 Å². The molecule has 0 heterocycles. The Balaban J connectivity index is 2.16. The molecular weight excluding hydrogens is 270 g/mol. The molecule has 0 aromatic heterocycles. The zero-order valence-electron chi connectivity index (χ0n) is 12.3. The minimum absolute atomic E-state index is 0.108. The van der Waals surface area contributed by atoms with Crippen LogP contribution in [0.5, 0.6) is 0 Å². The summed E-state index contributed by atoms with van der Waals surface area (Å²) in [4.78, 5) is 11.0. The van der Waals surface area contributed by atoms with Gasteiger partial charge in [-0.2, -0.15) is 0 Å². The number of nitro groups is 1. The molecule has 0 atom stereocenters. The van der Waals surface area contributed by atoms with Crippen molar-refractivity contribution in [2.45, 2.75) is 51.2 Å². The normalized spacial score (nSPS) is 21.8. The second-order valence-corrected chi connectivity index (χ2v) is 5.54. The number of hydrogen-bond acceptors (Lipinski definition) is 5. The van der Waals surface area contributed by atoms with Crippen LogP contribution in [0.1, 0.15) is 39.0 Å². The Bertz CT molecular complexity index is 485. The molecule has 6 nitrogen and oxygen atoms in total. The number of benzene rings is 1. The highest BCUT2D eigenvalue weighted by atomic mass is 16.6. The first kappa shape index (κ1) is 15.6. The first-order valence-electron chi connectivity index (χ1n) is 7.57. The lowest BCUT2D eigenvalue weighted by molar-refractivity contribution is -0.383. The van der Waals surface area contributed by atoms with E-state index in [1.165, 1.54) is 0 Å². The number of aliphatic hydroxyl groups is 1. The largest absolute Gasteiger partial charge is 0.393 e. The Kier molecular flexibility index (Phi) is 5.38. The molecule has 0 radical (unpaired) electrons. The van der Waals surface area contributed by atoms with E-state index in [9.17, 15) is 15.2 Å². The number of para-hydroxylation sites is 1. The van der Waals surface area contributed by atoms with Crippen LogP contribution in [-0.2, 0) is 0 Å². The number of hydrogen-bond donors (Lipinski definition) is 3. The second-order valence-electron chi connectivity index (χ2n) is 5.54. The molecule has 1 aromatic carbocycles. The zero-order chi connectivity index (χ0) is 15.2. The van der Waals surface area contributed by atoms with E-state index in [0.717, 1.165) is 32.1 Å². The monoisotopic (exact) mass is 293 g/mol. The minimum Gasteiger partial charge on any atom is -0.393 e. The first-order valence-corrected chi connectivity index (χ1v) is 7.57. The third-order valence-electron chi connectivity index (χ3n) is 3.84. The van der Waals surface area contributed by atoms with Crippen molar-refractivity contribution < 1.29 is 10.0 Å². The molecule has 0 saturated heterocycles. The molecule has 0 spiro atoms. The van der Waals surface area contributed by atoms with Gasteiger partial charge in [-0.05, 0) is 44.2 Å². The van der Waals surface area contributed by atoms with Crippen molar-refractivity contribution in [2.24, 2.45) is 0 Å². The fourth-order valence-electron chi connectivity index (χ4n) is 2.70. The third-order valence-corrected chi connectivity index (χ3v) is 3.84. The molecule has 1 saturated carbocycles. The SMILES string of the molecule is CCCNc1cccc(NC2CCC(O)CC2)c1[N+](=O)[O-]. The second kappa shape index (κ2) is 7.26. The highest BCUT2D eigenvalue weighted by molar-refractivity contribution is 5.76. The van der Waals surface area contributed by atoms with Crippen molar-refractivity contribution >= 4 is 17.1 Å². The molecule has 0 unspecified atom stereocenters. The van der Waals surface area contributed by atoms with Crippen LogP contribution >= 0.6 is 0 Å². The number of nitrogens with zero attached hydrogens (tertiary/aromatic N) is 1. The van der Waals surface area contributed by atoms with Crippen molar-refractivity contribution in [3.05, 3.63) is 28.3 Å². The molecule has 116 valence electrons. The van der Waals surface area contributed by atoms with Crippen molar-refractivity contribution in [1.82, 2.24) is 0 Å². The number of aliphatic hydroxyl groups excluding tert-OH is 1. The van der Waals surface area contributed by atoms with Gasteiger partial charge in [0.1, 0.15) is 11.4 Å². The zero-order valence-corrected chi connectivity index (χ0v) is 12.3. The van der Waals surface area contributed by atoms with Crippen LogP contribution in [0.3, 0.4) is 0 Å². The third kappa shape index (κ3) is 4.07. The molecule has 0 amide bonds. The van der Waals surface area contributed by atoms with Gasteiger partial charge in [-0.25, -0.2) is 0 Å². The van der Waals surface area contributed by atoms with E-state index in [1.807, 2.05) is 13.0 Å². The Hall–Kier alpha value is -1.82. The molecule has 0 aliphatic heterocycles. The number of anilines is 2. The Morgan fingerprint density at radius 3 is 2.57 bits per heavy atom. The maximum Gasteiger partial charge on any atom is 0.315 e. The summed E-state index contributed by atoms with van der Waals surface area (Å²) in [5, 5.41) is 27.3. The number of nitrogens with one attached hydrogen (secondary N) is 2. The standard InChI is InChI=1S/C15H23N3O3/c1-2-10-16-13-4-3-5-14(15(13)18(20)21)17-11-6-8-12(19)9-7-11/h3-5,11-12,16-17,19H,2,6-10H2,1H3. The van der Waals surface area contributed by atoms with Crippen molar-refractivity contribution in [2.75, 3.05) is 17.2 Å². The first-order chi connectivity index (χ1) is 10.1. The molecule has 1 aromatic rings. The van der Waals surface area contributed by atoms with Gasteiger partial charge in [-0.3, -0.25) is 10.1 Å². The molecule has 21 heavy (non-hydrogen) atoms. The summed E-state index contributed by atoms with van der Waals surface area (Å²) in [6.45, 7) is 2.73. The average molecular weight is 293 g/mol. The average Bonchev–Trinajstić information content (AvgIpc) is 2.47. The quantitative estimate of drug-likeness (QED) is 0.554. The highest BCUT2D eigenvalue weighted by Crippen LogP contribution is 2.34. The molecule has 6 heteroatoms. The Morgan fingerprint density at radius 1 is 1.29 bits per heavy atom. The van der Waals surface area contributed by atoms with Gasteiger partial charge >= 0.3 is 5.69 Å². The van der Waals surface area contributed by atoms with Crippen LogP contribution in [0.25, 0.3) is 0 Å². The Labute approximate surface area is 124 Å². The van der Waals surface area contributed by atoms with Crippen molar-refractivity contribution in [3.63, 3.8) is 0 Å². The van der Waals surface area contributed by atoms with E-state index in [2.05, 4.69) is 10.6 Å². The van der Waals surface area contributed by atoms with Gasteiger partial charge < -0.3 is 15.7 Å². The lowest BCUT2D eigenvalue weighted by Gasteiger charge is -2.27. The fraction of sp³-hybridized carbons (Fsp3) is 0.600. The van der Waals surface area contributed by atoms with Gasteiger partial charge in [0.05, 0.1) is 11.0 Å². The molecular formula is C15H23N3O3. The lowest BCUT2D eigenvalue weighted by atomic mass is 9.93. The van der Waals surface area contributed by atoms with E-state index >= 15 is 0 Å². The van der Waals surface area contributed by atoms with Crippen molar-refractivity contribution in [1.29, 1.82) is 0 Å². The van der Waals surface area contributed by atoms with Crippen LogP contribution in [0.4, 0.5) is 17.1 Å². The van der Waals surface area contributed by atoms with E-state index in [1.54, 1.807) is 12.1 Å². The van der Waals surface area contributed by atoms with Crippen LogP contribution in [0, 0.1) is 10.1 Å². The molecule has 0 bridgehead atoms. The predicted molar refractivity (Wildman–Crippen MR) is 83.8 cm³/mol. The van der Waals surface area contributed by atoms with E-state index in [4.69, 9.17) is 0 Å². The summed E-state index contributed by atoms with van der Waals surface area (Å²) >= 11 is 0. The topological polar surface area (TPSA) is 87.4 Å². The Morgan fingerprint density at radius 2 is 1.95 bits per heavy atom. The van der Waals surface area contributed by atoms with E-state index in [-0.39, 0.29) is 22.8 Å². The summed E-state index contributed by atoms with van der Waals surface area (Å²) in [5.74, 6) is 0. The summed E-state index contributed by atoms with van der Waals surface area (Å²) < 4.78 is 0. The molecule has 1 aliphatic carbocycles. The van der Waals surface area contributed by atoms with Gasteiger partial charge in [-0.1, -0.05) is 13.0 Å². The number of nitro benzene ring substituents is 1. The molecule has 2 rings (SSSR count). The van der Waals surface area contributed by atoms with Crippen LogP contribution in [0.15, 0.2) is 18.2 Å². The minimum atomic E-state index is -0.335. The van der Waals surface area contributed by atoms with Crippen LogP contribution in [-0.4, -0.2) is 28.7 Å². The van der Waals surface area contributed by atoms with Crippen LogP contribution < -0.4 is 10.6 Å². The number of rotatable bonds is 6. The summed E-state index contributed by atoms with van der Waals surface area (Å²) in [7, 11) is 0. The van der Waals surface area contributed by atoms with Gasteiger partial charge in [0.2, 0.25) is 0 Å². The molecule has 3 N–H and O–H groups in total. The summed E-state index contributed by atoms with van der Waals surface area (Å²) in [5.41, 5.74) is 1.22. The fourth-order valence-corrected chi connectivity index (χ4v) is 2.70. The van der Waals surface area contributed by atoms with Crippen molar-refractivity contribution in [3.8, 4) is 0 Å². The van der Waals surface area contributed by atoms with Gasteiger partial charge in [-0.15, -0.1) is 0 Å². The van der Waals surface area contributed by atoms with Gasteiger partial charge in [0.15, 0.2) is 0 Å². The van der Waals surface area contributed by atoms with Gasteiger partial charge in [0.25, 0.3) is 0 Å². The lowest BCUT2D eigenvalue weighted by Crippen LogP contribution is -2.28. The summed E-state index contributed by atoms with van der Waals surface area (Å²) in [6.07, 6.45) is 3.86. The maximum absolute atomic E-state index is 11.4. The molecule has 1 aliphatic rings. The van der Waals surface area contributed by atoms with E-state index in [0.29, 0.717) is 17.9 Å². The predicted octanol–water partition coefficient (Wildman–Crippen LogP) is 3.13. The maximum atomic E-state index is 11.4. The molecule has 1 fully saturated rings. The smallest absolute Gasteiger partial charge is 0.315 e. The van der Waals surface area contributed by atoms with Crippen LogP contribution in [0.2, 0.25) is 0 Å².